The van der Waals surface area contributed by atoms with Gasteiger partial charge in [0.2, 0.25) is 0 Å². The van der Waals surface area contributed by atoms with E-state index in [4.69, 9.17) is 18.9 Å². The van der Waals surface area contributed by atoms with E-state index in [0.717, 1.165) is 11.8 Å². The van der Waals surface area contributed by atoms with Crippen LogP contribution in [0.3, 0.4) is 0 Å². The summed E-state index contributed by atoms with van der Waals surface area (Å²) in [7, 11) is 0. The van der Waals surface area contributed by atoms with Crippen molar-refractivity contribution in [3.8, 4) is 5.75 Å². The molecule has 1 heterocycles. The molecule has 0 bridgehead atoms. The summed E-state index contributed by atoms with van der Waals surface area (Å²) in [5, 5.41) is 0. The fourth-order valence-electron chi connectivity index (χ4n) is 1.33. The normalized spacial score (nSPS) is 14.5. The van der Waals surface area contributed by atoms with Gasteiger partial charge in [0.25, 0.3) is 0 Å². The first kappa shape index (κ1) is 19.4. The first-order valence-corrected chi connectivity index (χ1v) is 7.44. The molecule has 0 N–H and O–H groups in total. The molecule has 1 fully saturated rings. The van der Waals surface area contributed by atoms with E-state index in [-0.39, 0.29) is 18.7 Å². The van der Waals surface area contributed by atoms with Gasteiger partial charge in [-0.3, -0.25) is 0 Å². The van der Waals surface area contributed by atoms with Crippen LogP contribution in [0.1, 0.15) is 6.92 Å². The Morgan fingerprint density at radius 2 is 1.92 bits per heavy atom. The van der Waals surface area contributed by atoms with Gasteiger partial charge in [-0.2, -0.15) is 0 Å². The molecule has 24 heavy (non-hydrogen) atoms. The number of para-hydroxylation sites is 1. The summed E-state index contributed by atoms with van der Waals surface area (Å²) in [6.45, 7) is 10.0. The van der Waals surface area contributed by atoms with E-state index in [1.165, 1.54) is 0 Å². The van der Waals surface area contributed by atoms with Gasteiger partial charge in [0.15, 0.2) is 0 Å². The van der Waals surface area contributed by atoms with Crippen molar-refractivity contribution in [1.29, 1.82) is 0 Å². The third-order valence-corrected chi connectivity index (χ3v) is 2.66. The molecule has 0 saturated carbocycles. The van der Waals surface area contributed by atoms with Crippen molar-refractivity contribution < 1.29 is 28.5 Å². The molecule has 1 atom stereocenters. The van der Waals surface area contributed by atoms with Crippen molar-refractivity contribution in [2.75, 3.05) is 26.4 Å². The second-order valence-electron chi connectivity index (χ2n) is 4.87. The van der Waals surface area contributed by atoms with Crippen LogP contribution in [0, 0.1) is 0 Å². The van der Waals surface area contributed by atoms with Crippen LogP contribution in [0.15, 0.2) is 55.1 Å². The minimum absolute atomic E-state index is 0.142. The van der Waals surface area contributed by atoms with Crippen molar-refractivity contribution >= 4 is 11.9 Å². The lowest BCUT2D eigenvalue weighted by molar-refractivity contribution is -0.139. The molecule has 0 aliphatic carbocycles. The van der Waals surface area contributed by atoms with E-state index in [0.29, 0.717) is 25.4 Å². The molecule has 0 spiro atoms. The van der Waals surface area contributed by atoms with E-state index in [1.54, 1.807) is 6.92 Å². The van der Waals surface area contributed by atoms with Gasteiger partial charge >= 0.3 is 11.9 Å². The van der Waals surface area contributed by atoms with Crippen molar-refractivity contribution in [3.05, 3.63) is 55.1 Å². The summed E-state index contributed by atoms with van der Waals surface area (Å²) in [5.74, 6) is -0.000635. The minimum atomic E-state index is -0.429. The Morgan fingerprint density at radius 3 is 2.46 bits per heavy atom. The Morgan fingerprint density at radius 1 is 1.25 bits per heavy atom. The number of hydrogen-bond acceptors (Lipinski definition) is 6. The lowest BCUT2D eigenvalue weighted by Gasteiger charge is -2.05. The number of rotatable bonds is 8. The Hall–Kier alpha value is -2.60. The molecule has 6 heteroatoms. The maximum Gasteiger partial charge on any atom is 0.333 e. The largest absolute Gasteiger partial charge is 0.490 e. The predicted molar refractivity (Wildman–Crippen MR) is 88.6 cm³/mol. The fraction of sp³-hybridized carbons (Fsp3) is 0.333. The molecule has 1 saturated heterocycles. The topological polar surface area (TPSA) is 74.4 Å². The fourth-order valence-corrected chi connectivity index (χ4v) is 1.33. The lowest BCUT2D eigenvalue weighted by atomic mass is 10.3. The Balaban J connectivity index is 0.000000254. The van der Waals surface area contributed by atoms with Crippen LogP contribution in [-0.2, 0) is 23.8 Å². The molecule has 1 unspecified atom stereocenters. The minimum Gasteiger partial charge on any atom is -0.490 e. The summed E-state index contributed by atoms with van der Waals surface area (Å²) in [6.07, 6.45) is 1.27. The van der Waals surface area contributed by atoms with E-state index >= 15 is 0 Å². The van der Waals surface area contributed by atoms with Crippen LogP contribution in [0.5, 0.6) is 5.75 Å². The number of carbonyl (C=O) groups is 2. The van der Waals surface area contributed by atoms with Crippen LogP contribution < -0.4 is 4.74 Å². The molecule has 0 amide bonds. The summed E-state index contributed by atoms with van der Waals surface area (Å²) in [4.78, 5) is 21.3. The first-order chi connectivity index (χ1) is 11.5. The maximum atomic E-state index is 10.7. The second-order valence-corrected chi connectivity index (χ2v) is 4.87. The summed E-state index contributed by atoms with van der Waals surface area (Å²) in [5.41, 5.74) is 0.431. The Labute approximate surface area is 141 Å². The zero-order valence-electron chi connectivity index (χ0n) is 13.7. The van der Waals surface area contributed by atoms with Crippen LogP contribution in [0.2, 0.25) is 0 Å². The van der Waals surface area contributed by atoms with E-state index in [2.05, 4.69) is 13.2 Å². The van der Waals surface area contributed by atoms with Gasteiger partial charge in [-0.1, -0.05) is 31.4 Å². The summed E-state index contributed by atoms with van der Waals surface area (Å²) < 4.78 is 19.6. The number of carbonyl (C=O) groups excluding carboxylic acids is 2. The van der Waals surface area contributed by atoms with Gasteiger partial charge in [-0.05, 0) is 19.1 Å². The van der Waals surface area contributed by atoms with Crippen molar-refractivity contribution in [1.82, 2.24) is 0 Å². The molecule has 6 nitrogen and oxygen atoms in total. The molecule has 1 aromatic rings. The Bertz CT molecular complexity index is 548. The number of epoxide rings is 1. The molecular formula is C18H22O6. The average Bonchev–Trinajstić information content (AvgIpc) is 3.42. The standard InChI is InChI=1S/C11H12O3.C7H10O3/c1-2-11(12)14-9-8-13-10-6-4-3-5-7-10;1-5(2)7(8)10-4-6-3-9-6/h2-7H,1,8-9H2;6H,1,3-4H2,2H3. The van der Waals surface area contributed by atoms with Gasteiger partial charge in [0, 0.05) is 11.6 Å². The number of hydrogen-bond donors (Lipinski definition) is 0. The zero-order valence-corrected chi connectivity index (χ0v) is 13.7. The SMILES string of the molecule is C=C(C)C(=O)OCC1CO1.C=CC(=O)OCCOc1ccccc1. The van der Waals surface area contributed by atoms with Gasteiger partial charge < -0.3 is 18.9 Å². The van der Waals surface area contributed by atoms with E-state index < -0.39 is 5.97 Å². The monoisotopic (exact) mass is 334 g/mol. The molecule has 2 rings (SSSR count). The maximum absolute atomic E-state index is 10.7. The highest BCUT2D eigenvalue weighted by atomic mass is 16.6. The smallest absolute Gasteiger partial charge is 0.333 e. The van der Waals surface area contributed by atoms with Crippen LogP contribution >= 0.6 is 0 Å². The van der Waals surface area contributed by atoms with Gasteiger partial charge in [0.1, 0.15) is 31.7 Å². The molecule has 0 radical (unpaired) electrons. The highest BCUT2D eigenvalue weighted by molar-refractivity contribution is 5.86. The van der Waals surface area contributed by atoms with Gasteiger partial charge in [0.05, 0.1) is 6.61 Å². The average molecular weight is 334 g/mol. The molecule has 0 aromatic heterocycles. The molecule has 1 aromatic carbocycles. The third kappa shape index (κ3) is 9.42. The zero-order chi connectivity index (χ0) is 17.8. The molecule has 1 aliphatic rings. The van der Waals surface area contributed by atoms with Crippen molar-refractivity contribution in [3.63, 3.8) is 0 Å². The highest BCUT2D eigenvalue weighted by Gasteiger charge is 2.24. The third-order valence-electron chi connectivity index (χ3n) is 2.66. The Kier molecular flexibility index (Phi) is 8.93. The van der Waals surface area contributed by atoms with E-state index in [9.17, 15) is 9.59 Å². The lowest BCUT2D eigenvalue weighted by Crippen LogP contribution is -2.09. The van der Waals surface area contributed by atoms with Crippen LogP contribution in [0.25, 0.3) is 0 Å². The van der Waals surface area contributed by atoms with Crippen LogP contribution in [0.4, 0.5) is 0 Å². The quantitative estimate of drug-likeness (QED) is 0.314. The van der Waals surface area contributed by atoms with Gasteiger partial charge in [-0.25, -0.2) is 9.59 Å². The van der Waals surface area contributed by atoms with Gasteiger partial charge in [-0.15, -0.1) is 0 Å². The predicted octanol–water partition coefficient (Wildman–Crippen LogP) is 2.30. The van der Waals surface area contributed by atoms with Crippen LogP contribution in [-0.4, -0.2) is 44.5 Å². The highest BCUT2D eigenvalue weighted by Crippen LogP contribution is 2.09. The number of esters is 2. The number of benzene rings is 1. The van der Waals surface area contributed by atoms with Crippen molar-refractivity contribution in [2.24, 2.45) is 0 Å². The number of ether oxygens (including phenoxy) is 4. The molecule has 1 aliphatic heterocycles. The van der Waals surface area contributed by atoms with Crippen molar-refractivity contribution in [2.45, 2.75) is 13.0 Å². The second kappa shape index (κ2) is 11.0. The molecule has 130 valence electrons. The summed E-state index contributed by atoms with van der Waals surface area (Å²) >= 11 is 0. The molecular weight excluding hydrogens is 312 g/mol. The first-order valence-electron chi connectivity index (χ1n) is 7.44. The summed E-state index contributed by atoms with van der Waals surface area (Å²) in [6, 6.07) is 9.35. The van der Waals surface area contributed by atoms with E-state index in [1.807, 2.05) is 30.3 Å².